The Balaban J connectivity index is -0.00000000418. The second-order valence-corrected chi connectivity index (χ2v) is 0.447. The van der Waals surface area contributed by atoms with Crippen molar-refractivity contribution in [3.63, 3.8) is 0 Å². The minimum Gasteiger partial charge on any atom is -0.512 e. The van der Waals surface area contributed by atoms with E-state index in [4.69, 9.17) is 27.5 Å². The topological polar surface area (TPSA) is 155 Å². The van der Waals surface area contributed by atoms with Gasteiger partial charge in [-0.3, -0.25) is 0 Å². The van der Waals surface area contributed by atoms with E-state index in [1.807, 2.05) is 0 Å². The van der Waals surface area contributed by atoms with Crippen LogP contribution in [0.25, 0.3) is 0 Å². The van der Waals surface area contributed by atoms with Crippen LogP contribution in [0.2, 0.25) is 0 Å². The van der Waals surface area contributed by atoms with E-state index in [0.717, 1.165) is 7.11 Å². The Labute approximate surface area is 137 Å². The van der Waals surface area contributed by atoms with Crippen LogP contribution < -0.4 is 0 Å². The molecular weight excluding hydrogens is 753 g/mol. The van der Waals surface area contributed by atoms with Crippen LogP contribution in [0.5, 0.6) is 0 Å². The first-order chi connectivity index (χ1) is 4.83. The molecule has 15 heavy (non-hydrogen) atoms. The number of aliphatic hydroxyl groups is 1. The van der Waals surface area contributed by atoms with E-state index in [1.165, 1.54) is 13.8 Å². The minimum absolute atomic E-state index is 0. The van der Waals surface area contributed by atoms with Crippen LogP contribution in [0.15, 0.2) is 0 Å². The fraction of sp³-hybridized carbons (Fsp3) is 0.500. The summed E-state index contributed by atoms with van der Waals surface area (Å²) in [6.45, 7) is 7.61. The monoisotopic (exact) mass is 767 g/mol. The standard InChI is InChI=1S/2C2H3N.CN.CH4O.3Au.2H2O/c2*1-2-3;2*1-2;;;;;/h2*1H3;;2H,1H3;;;;2*1H2/q;;-1;;;;+1;;. The molecule has 0 fully saturated rings. The van der Waals surface area contributed by atoms with Gasteiger partial charge in [0.1, 0.15) is 0 Å². The van der Waals surface area contributed by atoms with Gasteiger partial charge in [0.2, 0.25) is 0 Å². The number of nitrogens with zero attached hydrogens (tertiary/aromatic N) is 3. The molecule has 0 saturated heterocycles. The molecule has 0 aromatic carbocycles. The second kappa shape index (κ2) is 406. The summed E-state index contributed by atoms with van der Waals surface area (Å²) in [5.74, 6) is 0. The molecule has 9 heteroatoms. The fourth-order valence-electron chi connectivity index (χ4n) is 0. The Morgan fingerprint density at radius 2 is 0.867 bits per heavy atom. The van der Waals surface area contributed by atoms with Gasteiger partial charge in [0.15, 0.2) is 0 Å². The normalized spacial score (nSPS) is 1.60. The van der Waals surface area contributed by atoms with Gasteiger partial charge in [-0.25, -0.2) is 0 Å². The van der Waals surface area contributed by atoms with E-state index in [0.29, 0.717) is 0 Å². The molecule has 0 aliphatic carbocycles. The van der Waals surface area contributed by atoms with Crippen molar-refractivity contribution >= 4 is 0 Å². The maximum atomic E-state index is 7.32. The van der Waals surface area contributed by atoms with Gasteiger partial charge in [-0.2, -0.15) is 10.5 Å². The average molecular weight is 767 g/mol. The zero-order valence-electron chi connectivity index (χ0n) is 8.19. The van der Waals surface area contributed by atoms with Gasteiger partial charge in [0, 0.05) is 65.7 Å². The molecule has 0 atom stereocenters. The van der Waals surface area contributed by atoms with Crippen LogP contribution in [0, 0.1) is 34.5 Å². The van der Waals surface area contributed by atoms with Gasteiger partial charge in [-0.05, 0) is 0 Å². The van der Waals surface area contributed by atoms with Crippen molar-refractivity contribution in [2.45, 2.75) is 13.8 Å². The van der Waals surface area contributed by atoms with Gasteiger partial charge >= 0.3 is 22.4 Å². The molecule has 104 valence electrons. The Morgan fingerprint density at radius 1 is 0.867 bits per heavy atom. The second-order valence-electron chi connectivity index (χ2n) is 0.447. The van der Waals surface area contributed by atoms with Crippen molar-refractivity contribution in [1.29, 1.82) is 15.8 Å². The summed E-state index contributed by atoms with van der Waals surface area (Å²) in [5, 5.41) is 27.9. The molecular formula is C6H14Au3N3O3. The molecule has 5 N–H and O–H groups in total. The van der Waals surface area contributed by atoms with Crippen LogP contribution in [-0.4, -0.2) is 23.2 Å². The third-order valence-corrected chi connectivity index (χ3v) is 0. The molecule has 0 aliphatic rings. The average Bonchev–Trinajstić information content (AvgIpc) is 1.99. The summed E-state index contributed by atoms with van der Waals surface area (Å²) >= 11 is 0. The van der Waals surface area contributed by atoms with Crippen molar-refractivity contribution in [3.05, 3.63) is 6.57 Å². The first kappa shape index (κ1) is 76.6. The molecule has 0 amide bonds. The van der Waals surface area contributed by atoms with Gasteiger partial charge < -0.3 is 27.9 Å². The largest absolute Gasteiger partial charge is 1.00 e. The van der Waals surface area contributed by atoms with Crippen LogP contribution >= 0.6 is 0 Å². The van der Waals surface area contributed by atoms with Crippen LogP contribution in [0.4, 0.5) is 0 Å². The first-order valence-corrected chi connectivity index (χ1v) is 2.12. The predicted octanol–water partition coefficient (Wildman–Crippen LogP) is -0.892. The Hall–Kier alpha value is 0.571. The van der Waals surface area contributed by atoms with Gasteiger partial charge in [-0.1, -0.05) is 0 Å². The van der Waals surface area contributed by atoms with Crippen molar-refractivity contribution in [2.75, 3.05) is 7.11 Å². The van der Waals surface area contributed by atoms with E-state index < -0.39 is 0 Å². The fourth-order valence-corrected chi connectivity index (χ4v) is 0. The van der Waals surface area contributed by atoms with E-state index in [-0.39, 0.29) is 78.1 Å². The van der Waals surface area contributed by atoms with Crippen LogP contribution in [0.3, 0.4) is 0 Å². The summed E-state index contributed by atoms with van der Waals surface area (Å²) < 4.78 is 0. The Bertz CT molecular complexity index is 110. The number of hydrogen-bond acceptors (Lipinski definition) is 4. The first-order valence-electron chi connectivity index (χ1n) is 2.12. The molecule has 0 saturated carbocycles. The summed E-state index contributed by atoms with van der Waals surface area (Å²) in [4.78, 5) is 0. The van der Waals surface area contributed by atoms with E-state index in [1.54, 1.807) is 12.1 Å². The number of aliphatic hydroxyl groups excluding tert-OH is 1. The molecule has 0 bridgehead atoms. The number of hydrogen-bond donors (Lipinski definition) is 1. The Morgan fingerprint density at radius 3 is 0.867 bits per heavy atom. The maximum Gasteiger partial charge on any atom is 1.00 e. The summed E-state index contributed by atoms with van der Waals surface area (Å²) in [7, 11) is 1.00. The van der Waals surface area contributed by atoms with E-state index in [2.05, 4.69) is 0 Å². The molecule has 6 nitrogen and oxygen atoms in total. The summed E-state index contributed by atoms with van der Waals surface area (Å²) in [5.41, 5.74) is 0. The van der Waals surface area contributed by atoms with E-state index >= 15 is 0 Å². The zero-order valence-corrected chi connectivity index (χ0v) is 14.7. The van der Waals surface area contributed by atoms with Crippen LogP contribution in [-0.2, 0) is 67.1 Å². The van der Waals surface area contributed by atoms with Crippen LogP contribution in [0.1, 0.15) is 13.8 Å². The third kappa shape index (κ3) is 7070. The molecule has 0 heterocycles. The Kier molecular flexibility index (Phi) is 2070. The summed E-state index contributed by atoms with van der Waals surface area (Å²) in [6, 6.07) is 3.50. The molecule has 0 rings (SSSR count). The molecule has 2 radical (unpaired) electrons. The van der Waals surface area contributed by atoms with Crippen molar-refractivity contribution in [3.8, 4) is 12.1 Å². The minimum atomic E-state index is 0. The maximum absolute atomic E-state index is 7.32. The molecule has 0 aromatic rings. The smallest absolute Gasteiger partial charge is 0.512 e. The molecule has 0 spiro atoms. The van der Waals surface area contributed by atoms with Gasteiger partial charge in [0.05, 0.1) is 12.1 Å². The van der Waals surface area contributed by atoms with E-state index in [9.17, 15) is 0 Å². The SMILES string of the molecule is CC#N.CC#N.CO.O.O.[Au+].[Au].[Au].[C-]#N. The number of nitriles is 2. The number of rotatable bonds is 0. The van der Waals surface area contributed by atoms with Gasteiger partial charge in [-0.15, -0.1) is 0 Å². The predicted molar refractivity (Wildman–Crippen MR) is 42.9 cm³/mol. The molecule has 0 aromatic heterocycles. The summed E-state index contributed by atoms with van der Waals surface area (Å²) in [6.07, 6.45) is 0. The van der Waals surface area contributed by atoms with Crippen molar-refractivity contribution in [1.82, 2.24) is 0 Å². The van der Waals surface area contributed by atoms with Crippen molar-refractivity contribution in [2.24, 2.45) is 0 Å². The zero-order chi connectivity index (χ0) is 9.41. The quantitative estimate of drug-likeness (QED) is 0.251. The third-order valence-electron chi connectivity index (χ3n) is 0. The van der Waals surface area contributed by atoms with Crippen molar-refractivity contribution < 1.29 is 83.2 Å². The molecule has 0 aliphatic heterocycles. The van der Waals surface area contributed by atoms with Gasteiger partial charge in [0.25, 0.3) is 0 Å². The molecule has 0 unspecified atom stereocenters.